The van der Waals surface area contributed by atoms with Crippen LogP contribution in [0, 0.1) is 11.8 Å². The number of hydrogen-bond acceptors (Lipinski definition) is 3. The van der Waals surface area contributed by atoms with Crippen molar-refractivity contribution in [2.45, 2.75) is 19.0 Å². The van der Waals surface area contributed by atoms with E-state index < -0.39 is 35.6 Å². The largest absolute Gasteiger partial charge is 0.481 e. The zero-order chi connectivity index (χ0) is 13.9. The number of rotatable bonds is 3. The molecule has 1 saturated heterocycles. The SMILES string of the molecule is O=C(O)C1CCN(C(=O)C(CS)C(F)(F)F)CC1. The van der Waals surface area contributed by atoms with E-state index in [1.807, 2.05) is 0 Å². The van der Waals surface area contributed by atoms with Crippen LogP contribution in [-0.2, 0) is 9.59 Å². The molecule has 1 amide bonds. The highest BCUT2D eigenvalue weighted by Crippen LogP contribution is 2.30. The van der Waals surface area contributed by atoms with E-state index >= 15 is 0 Å². The van der Waals surface area contributed by atoms with Crippen molar-refractivity contribution in [2.75, 3.05) is 18.8 Å². The van der Waals surface area contributed by atoms with Gasteiger partial charge in [0.1, 0.15) is 5.92 Å². The Hall–Kier alpha value is -0.920. The smallest absolute Gasteiger partial charge is 0.401 e. The topological polar surface area (TPSA) is 57.6 Å². The average Bonchev–Trinajstić information content (AvgIpc) is 2.28. The maximum atomic E-state index is 12.5. The Balaban J connectivity index is 2.62. The number of carbonyl (C=O) groups is 2. The van der Waals surface area contributed by atoms with Crippen LogP contribution in [0.15, 0.2) is 0 Å². The third kappa shape index (κ3) is 3.54. The molecule has 1 N–H and O–H groups in total. The van der Waals surface area contributed by atoms with Crippen LogP contribution in [0.4, 0.5) is 13.2 Å². The molecular formula is C10H14F3NO3S. The van der Waals surface area contributed by atoms with Crippen molar-refractivity contribution in [3.8, 4) is 0 Å². The van der Waals surface area contributed by atoms with Crippen LogP contribution in [0.5, 0.6) is 0 Å². The molecule has 0 aromatic heterocycles. The number of piperidine rings is 1. The molecule has 0 saturated carbocycles. The molecular weight excluding hydrogens is 271 g/mol. The van der Waals surface area contributed by atoms with E-state index in [4.69, 9.17) is 5.11 Å². The molecule has 104 valence electrons. The Morgan fingerprint density at radius 3 is 2.17 bits per heavy atom. The highest BCUT2D eigenvalue weighted by molar-refractivity contribution is 7.80. The summed E-state index contributed by atoms with van der Waals surface area (Å²) in [7, 11) is 0. The minimum Gasteiger partial charge on any atom is -0.481 e. The molecule has 0 radical (unpaired) electrons. The first-order valence-corrected chi connectivity index (χ1v) is 6.09. The van der Waals surface area contributed by atoms with Crippen LogP contribution in [0.2, 0.25) is 0 Å². The average molecular weight is 285 g/mol. The molecule has 1 atom stereocenters. The zero-order valence-electron chi connectivity index (χ0n) is 9.48. The van der Waals surface area contributed by atoms with Gasteiger partial charge >= 0.3 is 12.1 Å². The molecule has 1 aliphatic rings. The van der Waals surface area contributed by atoms with Crippen molar-refractivity contribution >= 4 is 24.5 Å². The van der Waals surface area contributed by atoms with Crippen molar-refractivity contribution in [1.29, 1.82) is 0 Å². The first kappa shape index (κ1) is 15.1. The first-order chi connectivity index (χ1) is 8.27. The minimum absolute atomic E-state index is 0.0517. The van der Waals surface area contributed by atoms with Gasteiger partial charge in [-0.3, -0.25) is 9.59 Å². The van der Waals surface area contributed by atoms with Crippen LogP contribution < -0.4 is 0 Å². The fourth-order valence-corrected chi connectivity index (χ4v) is 2.25. The third-order valence-corrected chi connectivity index (χ3v) is 3.40. The van der Waals surface area contributed by atoms with Crippen molar-refractivity contribution < 1.29 is 27.9 Å². The molecule has 18 heavy (non-hydrogen) atoms. The van der Waals surface area contributed by atoms with Crippen molar-refractivity contribution in [3.05, 3.63) is 0 Å². The predicted octanol–water partition coefficient (Wildman–Crippen LogP) is 1.42. The Kier molecular flexibility index (Phi) is 4.89. The van der Waals surface area contributed by atoms with Gasteiger partial charge in [-0.2, -0.15) is 25.8 Å². The molecule has 8 heteroatoms. The van der Waals surface area contributed by atoms with E-state index in [1.165, 1.54) is 0 Å². The number of aliphatic carboxylic acids is 1. The van der Waals surface area contributed by atoms with Crippen molar-refractivity contribution in [1.82, 2.24) is 4.90 Å². The highest BCUT2D eigenvalue weighted by atomic mass is 32.1. The second-order valence-electron chi connectivity index (χ2n) is 4.21. The number of alkyl halides is 3. The summed E-state index contributed by atoms with van der Waals surface area (Å²) in [6.07, 6.45) is -4.22. The second-order valence-corrected chi connectivity index (χ2v) is 4.58. The van der Waals surface area contributed by atoms with E-state index in [0.29, 0.717) is 0 Å². The third-order valence-electron chi connectivity index (χ3n) is 3.03. The lowest BCUT2D eigenvalue weighted by Gasteiger charge is -2.33. The van der Waals surface area contributed by atoms with Crippen molar-refractivity contribution in [3.63, 3.8) is 0 Å². The molecule has 1 rings (SSSR count). The number of carboxylic acid groups (broad SMARTS) is 1. The normalized spacial score (nSPS) is 19.7. The van der Waals surface area contributed by atoms with Gasteiger partial charge in [-0.25, -0.2) is 0 Å². The molecule has 0 bridgehead atoms. The number of nitrogens with zero attached hydrogens (tertiary/aromatic N) is 1. The van der Waals surface area contributed by atoms with E-state index in [0.717, 1.165) is 4.90 Å². The van der Waals surface area contributed by atoms with Gasteiger partial charge in [0.15, 0.2) is 0 Å². The molecule has 0 aliphatic carbocycles. The lowest BCUT2D eigenvalue weighted by molar-refractivity contribution is -0.185. The highest BCUT2D eigenvalue weighted by Gasteiger charge is 2.46. The van der Waals surface area contributed by atoms with Crippen LogP contribution >= 0.6 is 12.6 Å². The fraction of sp³-hybridized carbons (Fsp3) is 0.800. The van der Waals surface area contributed by atoms with E-state index in [1.54, 1.807) is 0 Å². The summed E-state index contributed by atoms with van der Waals surface area (Å²) in [5, 5.41) is 8.75. The van der Waals surface area contributed by atoms with Gasteiger partial charge in [-0.1, -0.05) is 0 Å². The number of carbonyl (C=O) groups excluding carboxylic acids is 1. The van der Waals surface area contributed by atoms with Gasteiger partial charge in [-0.15, -0.1) is 0 Å². The Morgan fingerprint density at radius 1 is 1.33 bits per heavy atom. The number of carboxylic acids is 1. The zero-order valence-corrected chi connectivity index (χ0v) is 10.4. The molecule has 1 fully saturated rings. The summed E-state index contributed by atoms with van der Waals surface area (Å²) in [6, 6.07) is 0. The number of hydrogen-bond donors (Lipinski definition) is 2. The molecule has 1 aliphatic heterocycles. The summed E-state index contributed by atoms with van der Waals surface area (Å²) < 4.78 is 37.6. The molecule has 0 spiro atoms. The first-order valence-electron chi connectivity index (χ1n) is 5.46. The number of amides is 1. The van der Waals surface area contributed by atoms with Gasteiger partial charge < -0.3 is 10.0 Å². The lowest BCUT2D eigenvalue weighted by atomic mass is 9.96. The molecule has 1 unspecified atom stereocenters. The summed E-state index contributed by atoms with van der Waals surface area (Å²) in [5.41, 5.74) is 0. The number of likely N-dealkylation sites (tertiary alicyclic amines) is 1. The second kappa shape index (κ2) is 5.81. The van der Waals surface area contributed by atoms with E-state index in [-0.39, 0.29) is 25.9 Å². The van der Waals surface area contributed by atoms with Crippen LogP contribution in [0.1, 0.15) is 12.8 Å². The molecule has 1 heterocycles. The van der Waals surface area contributed by atoms with E-state index in [9.17, 15) is 22.8 Å². The Morgan fingerprint density at radius 2 is 1.83 bits per heavy atom. The van der Waals surface area contributed by atoms with Crippen molar-refractivity contribution in [2.24, 2.45) is 11.8 Å². The van der Waals surface area contributed by atoms with Crippen LogP contribution in [0.3, 0.4) is 0 Å². The van der Waals surface area contributed by atoms with Gasteiger partial charge in [0.05, 0.1) is 5.92 Å². The van der Waals surface area contributed by atoms with E-state index in [2.05, 4.69) is 12.6 Å². The van der Waals surface area contributed by atoms with Gasteiger partial charge in [0, 0.05) is 18.8 Å². The van der Waals surface area contributed by atoms with Gasteiger partial charge in [0.25, 0.3) is 0 Å². The Bertz CT molecular complexity index is 327. The number of thiol groups is 1. The van der Waals surface area contributed by atoms with Crippen LogP contribution in [0.25, 0.3) is 0 Å². The molecule has 0 aromatic carbocycles. The maximum Gasteiger partial charge on any atom is 0.401 e. The summed E-state index contributed by atoms with van der Waals surface area (Å²) in [5.74, 6) is -5.26. The molecule has 0 aromatic rings. The van der Waals surface area contributed by atoms with Gasteiger partial charge in [-0.05, 0) is 12.8 Å². The standard InChI is InChI=1S/C10H14F3NO3S/c11-10(12,13)7(5-18)8(15)14-3-1-6(2-4-14)9(16)17/h6-7,18H,1-5H2,(H,16,17). The number of halogens is 3. The Labute approximate surface area is 108 Å². The van der Waals surface area contributed by atoms with Crippen LogP contribution in [-0.4, -0.2) is 46.9 Å². The summed E-state index contributed by atoms with van der Waals surface area (Å²) in [4.78, 5) is 23.4. The predicted molar refractivity (Wildman–Crippen MR) is 60.3 cm³/mol. The quantitative estimate of drug-likeness (QED) is 0.771. The maximum absolute atomic E-state index is 12.5. The lowest BCUT2D eigenvalue weighted by Crippen LogP contribution is -2.47. The van der Waals surface area contributed by atoms with Gasteiger partial charge in [0.2, 0.25) is 5.91 Å². The summed E-state index contributed by atoms with van der Waals surface area (Å²) in [6.45, 7) is 0.103. The molecule has 4 nitrogen and oxygen atoms in total. The summed E-state index contributed by atoms with van der Waals surface area (Å²) >= 11 is 3.56. The minimum atomic E-state index is -4.61. The fourth-order valence-electron chi connectivity index (χ4n) is 1.89. The monoisotopic (exact) mass is 285 g/mol.